The van der Waals surface area contributed by atoms with Crippen molar-refractivity contribution in [3.05, 3.63) is 12.2 Å². The fourth-order valence-electron chi connectivity index (χ4n) is 1.02. The Labute approximate surface area is 117 Å². The van der Waals surface area contributed by atoms with Crippen LogP contribution in [0.3, 0.4) is 0 Å². The van der Waals surface area contributed by atoms with E-state index in [2.05, 4.69) is 4.18 Å². The second-order valence-corrected chi connectivity index (χ2v) is 11.3. The second kappa shape index (κ2) is 7.62. The molecule has 0 aromatic carbocycles. The molecule has 0 aliphatic carbocycles. The van der Waals surface area contributed by atoms with Gasteiger partial charge in [-0.3, -0.25) is 12.6 Å². The minimum atomic E-state index is -4.05. The highest BCUT2D eigenvalue weighted by Gasteiger charge is 2.26. The summed E-state index contributed by atoms with van der Waals surface area (Å²) in [5.41, 5.74) is 0. The van der Waals surface area contributed by atoms with Gasteiger partial charge in [0.25, 0.3) is 0 Å². The van der Waals surface area contributed by atoms with E-state index in [1.165, 1.54) is 26.0 Å². The van der Waals surface area contributed by atoms with Crippen LogP contribution in [0.4, 0.5) is 0 Å². The lowest BCUT2D eigenvalue weighted by Gasteiger charge is -2.17. The Morgan fingerprint density at radius 1 is 1.16 bits per heavy atom. The molecule has 0 amide bonds. The van der Waals surface area contributed by atoms with E-state index in [0.29, 0.717) is 0 Å². The highest BCUT2D eigenvalue weighted by atomic mass is 32.3. The smallest absolute Gasteiger partial charge is 0.294 e. The van der Waals surface area contributed by atoms with E-state index in [4.69, 9.17) is 12.6 Å². The van der Waals surface area contributed by atoms with Crippen molar-refractivity contribution >= 4 is 30.1 Å². The molecule has 7 nitrogen and oxygen atoms in total. The predicted molar refractivity (Wildman–Crippen MR) is 74.4 cm³/mol. The minimum absolute atomic E-state index is 0.641. The Morgan fingerprint density at radius 2 is 1.63 bits per heavy atom. The van der Waals surface area contributed by atoms with Gasteiger partial charge >= 0.3 is 21.8 Å². The van der Waals surface area contributed by atoms with Gasteiger partial charge in [0.15, 0.2) is 0 Å². The summed E-state index contributed by atoms with van der Waals surface area (Å²) >= 11 is -2.37. The molecular weight excluding hydrogens is 312 g/mol. The van der Waals surface area contributed by atoms with E-state index >= 15 is 0 Å². The standard InChI is InChI=1S/C9H20O7S2Si/c1-8(14-17(10)11)6-7-9(2)15-18(12,13)16-19(3,4)5/h6-9H,1-5H3,(H,10,11)/b7-6+. The summed E-state index contributed by atoms with van der Waals surface area (Å²) in [6.07, 6.45) is 1.42. The normalized spacial score (nSPS) is 18.4. The lowest BCUT2D eigenvalue weighted by molar-refractivity contribution is 0.232. The van der Waals surface area contributed by atoms with Crippen LogP contribution in [0.5, 0.6) is 0 Å². The van der Waals surface area contributed by atoms with E-state index in [1.807, 2.05) is 0 Å². The van der Waals surface area contributed by atoms with Crippen molar-refractivity contribution in [1.29, 1.82) is 0 Å². The third kappa shape index (κ3) is 11.4. The SMILES string of the molecule is CC(/C=C/C(C)OS(=O)(=O)O[Si](C)(C)C)OS(=O)O. The quantitative estimate of drug-likeness (QED) is 0.409. The average molecular weight is 332 g/mol. The van der Waals surface area contributed by atoms with E-state index in [-0.39, 0.29) is 0 Å². The van der Waals surface area contributed by atoms with Gasteiger partial charge < -0.3 is 0 Å². The molecule has 3 unspecified atom stereocenters. The zero-order chi connectivity index (χ0) is 15.3. The summed E-state index contributed by atoms with van der Waals surface area (Å²) in [6.45, 7) is 8.21. The van der Waals surface area contributed by atoms with Crippen LogP contribution >= 0.6 is 0 Å². The maximum Gasteiger partial charge on any atom is 0.390 e. The first-order valence-electron chi connectivity index (χ1n) is 5.51. The Bertz CT molecular complexity index is 426. The Kier molecular flexibility index (Phi) is 7.58. The fraction of sp³-hybridized carbons (Fsp3) is 0.778. The highest BCUT2D eigenvalue weighted by Crippen LogP contribution is 2.12. The van der Waals surface area contributed by atoms with Crippen molar-refractivity contribution in [1.82, 2.24) is 0 Å². The predicted octanol–water partition coefficient (Wildman–Crippen LogP) is 1.59. The summed E-state index contributed by atoms with van der Waals surface area (Å²) < 4.78 is 56.1. The average Bonchev–Trinajstić information content (AvgIpc) is 2.08. The third-order valence-corrected chi connectivity index (χ3v) is 5.33. The molecule has 10 heteroatoms. The Balaban J connectivity index is 4.42. The molecular formula is C9H20O7S2Si. The molecule has 0 saturated heterocycles. The lowest BCUT2D eigenvalue weighted by Crippen LogP contribution is -2.31. The van der Waals surface area contributed by atoms with E-state index in [9.17, 15) is 12.6 Å². The van der Waals surface area contributed by atoms with Crippen molar-refractivity contribution < 1.29 is 29.4 Å². The molecule has 0 heterocycles. The van der Waals surface area contributed by atoms with Gasteiger partial charge in [-0.1, -0.05) is 12.2 Å². The summed E-state index contributed by atoms with van der Waals surface area (Å²) in [7, 11) is -6.31. The van der Waals surface area contributed by atoms with Crippen molar-refractivity contribution in [3.63, 3.8) is 0 Å². The maximum atomic E-state index is 11.5. The molecule has 1 N–H and O–H groups in total. The summed E-state index contributed by atoms with van der Waals surface area (Å²) in [6, 6.07) is 0. The van der Waals surface area contributed by atoms with Gasteiger partial charge in [-0.05, 0) is 33.5 Å². The van der Waals surface area contributed by atoms with Crippen LogP contribution in [-0.4, -0.2) is 37.7 Å². The molecule has 0 aliphatic heterocycles. The number of rotatable bonds is 8. The topological polar surface area (TPSA) is 99.1 Å². The first-order chi connectivity index (χ1) is 8.41. The first kappa shape index (κ1) is 18.9. The first-order valence-corrected chi connectivity index (χ1v) is 11.3. The van der Waals surface area contributed by atoms with Gasteiger partial charge in [0, 0.05) is 0 Å². The molecule has 0 fully saturated rings. The number of hydrogen-bond donors (Lipinski definition) is 1. The highest BCUT2D eigenvalue weighted by molar-refractivity contribution is 7.83. The molecule has 0 aromatic rings. The van der Waals surface area contributed by atoms with Crippen LogP contribution < -0.4 is 0 Å². The van der Waals surface area contributed by atoms with Crippen LogP contribution in [0.1, 0.15) is 13.8 Å². The lowest BCUT2D eigenvalue weighted by atomic mass is 10.3. The van der Waals surface area contributed by atoms with Gasteiger partial charge in [0.2, 0.25) is 8.32 Å². The molecule has 0 aromatic heterocycles. The largest absolute Gasteiger partial charge is 0.390 e. The van der Waals surface area contributed by atoms with Crippen molar-refractivity contribution in [2.24, 2.45) is 0 Å². The molecule has 0 rings (SSSR count). The van der Waals surface area contributed by atoms with Crippen LogP contribution in [0, 0.1) is 0 Å². The zero-order valence-electron chi connectivity index (χ0n) is 11.5. The fourth-order valence-corrected chi connectivity index (χ4v) is 4.39. The second-order valence-electron chi connectivity index (χ2n) is 4.81. The van der Waals surface area contributed by atoms with Gasteiger partial charge in [-0.15, -0.1) is 0 Å². The minimum Gasteiger partial charge on any atom is -0.294 e. The van der Waals surface area contributed by atoms with Crippen molar-refractivity contribution in [2.75, 3.05) is 0 Å². The van der Waals surface area contributed by atoms with E-state index < -0.39 is 42.3 Å². The van der Waals surface area contributed by atoms with Crippen LogP contribution in [0.15, 0.2) is 12.2 Å². The molecule has 0 aliphatic rings. The summed E-state index contributed by atoms with van der Waals surface area (Å²) in [5.74, 6) is 0. The summed E-state index contributed by atoms with van der Waals surface area (Å²) in [4.78, 5) is 0. The van der Waals surface area contributed by atoms with E-state index in [1.54, 1.807) is 19.6 Å². The molecule has 0 spiro atoms. The van der Waals surface area contributed by atoms with Crippen LogP contribution in [0.25, 0.3) is 0 Å². The van der Waals surface area contributed by atoms with Crippen molar-refractivity contribution in [3.8, 4) is 0 Å². The zero-order valence-corrected chi connectivity index (χ0v) is 14.2. The molecule has 114 valence electrons. The van der Waals surface area contributed by atoms with Gasteiger partial charge in [0.05, 0.1) is 12.2 Å². The number of hydrogen-bond acceptors (Lipinski definition) is 6. The Hall–Kier alpha value is -0.103. The molecule has 19 heavy (non-hydrogen) atoms. The third-order valence-electron chi connectivity index (χ3n) is 1.51. The monoisotopic (exact) mass is 332 g/mol. The van der Waals surface area contributed by atoms with Crippen molar-refractivity contribution in [2.45, 2.75) is 45.7 Å². The van der Waals surface area contributed by atoms with Gasteiger partial charge in [-0.25, -0.2) is 4.18 Å². The molecule has 3 atom stereocenters. The molecule has 0 bridgehead atoms. The Morgan fingerprint density at radius 3 is 2.05 bits per heavy atom. The maximum absolute atomic E-state index is 11.5. The van der Waals surface area contributed by atoms with E-state index in [0.717, 1.165) is 0 Å². The van der Waals surface area contributed by atoms with Gasteiger partial charge in [-0.2, -0.15) is 12.6 Å². The molecule has 0 radical (unpaired) electrons. The molecule has 0 saturated carbocycles. The summed E-state index contributed by atoms with van der Waals surface area (Å²) in [5, 5.41) is 0. The van der Waals surface area contributed by atoms with Crippen LogP contribution in [0.2, 0.25) is 19.6 Å². The van der Waals surface area contributed by atoms with Gasteiger partial charge in [0.1, 0.15) is 0 Å². The van der Waals surface area contributed by atoms with Crippen LogP contribution in [-0.2, 0) is 34.0 Å².